The highest BCUT2D eigenvalue weighted by Gasteiger charge is 2.02. The smallest absolute Gasteiger partial charge is 0.134 e. The fraction of sp³-hybridized carbons (Fsp3) is 0.923. The summed E-state index contributed by atoms with van der Waals surface area (Å²) in [6.07, 6.45) is 12.0. The molecule has 2 nitrogen and oxygen atoms in total. The largest absolute Gasteiger partial charge is 0.316 e. The second-order valence-corrected chi connectivity index (χ2v) is 4.62. The first-order valence-corrected chi connectivity index (χ1v) is 6.62. The molecule has 0 atom stereocenters. The summed E-state index contributed by atoms with van der Waals surface area (Å²) < 4.78 is 0. The molecule has 2 heteroatoms. The van der Waals surface area contributed by atoms with E-state index in [1.165, 1.54) is 44.9 Å². The molecule has 15 heavy (non-hydrogen) atoms. The van der Waals surface area contributed by atoms with Crippen LogP contribution >= 0.6 is 0 Å². The van der Waals surface area contributed by atoms with Crippen LogP contribution in [0.5, 0.6) is 0 Å². The average molecular weight is 211 g/mol. The summed E-state index contributed by atoms with van der Waals surface area (Å²) in [5.74, 6) is 0.444. The van der Waals surface area contributed by atoms with Crippen molar-refractivity contribution < 1.29 is 4.79 Å². The molecule has 0 aromatic carbocycles. The molecule has 88 valence electrons. The Morgan fingerprint density at radius 2 is 1.27 bits per heavy atom. The van der Waals surface area contributed by atoms with Gasteiger partial charge in [0.1, 0.15) is 5.78 Å². The van der Waals surface area contributed by atoms with E-state index in [4.69, 9.17) is 0 Å². The Balaban J connectivity index is 2.13. The Morgan fingerprint density at radius 1 is 0.667 bits per heavy atom. The Hall–Kier alpha value is -0.370. The van der Waals surface area contributed by atoms with Crippen LogP contribution in [0.2, 0.25) is 0 Å². The van der Waals surface area contributed by atoms with Crippen molar-refractivity contribution in [1.82, 2.24) is 5.32 Å². The molecule has 0 aromatic heterocycles. The van der Waals surface area contributed by atoms with Gasteiger partial charge in [0, 0.05) is 19.4 Å². The lowest BCUT2D eigenvalue weighted by Crippen LogP contribution is -2.19. The molecule has 1 aliphatic heterocycles. The summed E-state index contributed by atoms with van der Waals surface area (Å²) in [6, 6.07) is 0. The zero-order valence-electron chi connectivity index (χ0n) is 9.89. The molecule has 1 heterocycles. The van der Waals surface area contributed by atoms with E-state index in [0.29, 0.717) is 5.78 Å². The van der Waals surface area contributed by atoms with E-state index < -0.39 is 0 Å². The van der Waals surface area contributed by atoms with Gasteiger partial charge in [-0.25, -0.2) is 0 Å². The number of hydrogen-bond donors (Lipinski definition) is 1. The third-order valence-electron chi connectivity index (χ3n) is 3.14. The molecule has 0 bridgehead atoms. The lowest BCUT2D eigenvalue weighted by molar-refractivity contribution is -0.119. The summed E-state index contributed by atoms with van der Waals surface area (Å²) in [5.41, 5.74) is 0. The molecule has 0 amide bonds. The second-order valence-electron chi connectivity index (χ2n) is 4.62. The molecule has 0 spiro atoms. The Bertz CT molecular complexity index is 152. The van der Waals surface area contributed by atoms with Crippen molar-refractivity contribution in [2.45, 2.75) is 64.2 Å². The Labute approximate surface area is 93.8 Å². The van der Waals surface area contributed by atoms with E-state index in [2.05, 4.69) is 5.32 Å². The normalized spacial score (nSPS) is 23.3. The van der Waals surface area contributed by atoms with Crippen LogP contribution in [-0.2, 0) is 4.79 Å². The monoisotopic (exact) mass is 211 g/mol. The van der Waals surface area contributed by atoms with Gasteiger partial charge in [0.05, 0.1) is 0 Å². The summed E-state index contributed by atoms with van der Waals surface area (Å²) in [7, 11) is 0. The molecule has 0 unspecified atom stereocenters. The van der Waals surface area contributed by atoms with E-state index in [1.54, 1.807) is 0 Å². The van der Waals surface area contributed by atoms with Gasteiger partial charge in [-0.1, -0.05) is 38.5 Å². The molecule has 0 saturated carbocycles. The number of carbonyl (C=O) groups excluding carboxylic acids is 1. The standard InChI is InChI=1S/C13H25NO/c15-13-9-7-5-3-1-2-4-6-8-11-14-12-10-13/h14H,1-12H2. The lowest BCUT2D eigenvalue weighted by Gasteiger charge is -2.06. The third kappa shape index (κ3) is 7.55. The first-order valence-electron chi connectivity index (χ1n) is 6.62. The van der Waals surface area contributed by atoms with E-state index in [-0.39, 0.29) is 0 Å². The summed E-state index contributed by atoms with van der Waals surface area (Å²) in [5, 5.41) is 3.35. The van der Waals surface area contributed by atoms with Crippen LogP contribution in [0.1, 0.15) is 64.2 Å². The van der Waals surface area contributed by atoms with Gasteiger partial charge in [-0.15, -0.1) is 0 Å². The first kappa shape index (κ1) is 12.7. The van der Waals surface area contributed by atoms with E-state index >= 15 is 0 Å². The number of ketones is 1. The van der Waals surface area contributed by atoms with Crippen molar-refractivity contribution in [1.29, 1.82) is 0 Å². The fourth-order valence-corrected chi connectivity index (χ4v) is 2.11. The van der Waals surface area contributed by atoms with Crippen LogP contribution in [0.4, 0.5) is 0 Å². The molecule has 1 fully saturated rings. The molecule has 1 aliphatic rings. The highest BCUT2D eigenvalue weighted by Crippen LogP contribution is 2.10. The number of rotatable bonds is 0. The maximum atomic E-state index is 11.4. The molecule has 1 N–H and O–H groups in total. The number of Topliss-reactive ketones (excluding diaryl/α,β-unsaturated/α-hetero) is 1. The maximum Gasteiger partial charge on any atom is 0.134 e. The minimum Gasteiger partial charge on any atom is -0.316 e. The minimum atomic E-state index is 0.444. The average Bonchev–Trinajstić information content (AvgIpc) is 2.24. The Morgan fingerprint density at radius 3 is 2.00 bits per heavy atom. The van der Waals surface area contributed by atoms with Crippen molar-refractivity contribution in [3.63, 3.8) is 0 Å². The van der Waals surface area contributed by atoms with E-state index in [9.17, 15) is 4.79 Å². The van der Waals surface area contributed by atoms with Gasteiger partial charge in [0.2, 0.25) is 0 Å². The molecule has 1 saturated heterocycles. The lowest BCUT2D eigenvalue weighted by atomic mass is 10.0. The fourth-order valence-electron chi connectivity index (χ4n) is 2.11. The molecular formula is C13H25NO. The predicted molar refractivity (Wildman–Crippen MR) is 64.0 cm³/mol. The quantitative estimate of drug-likeness (QED) is 0.667. The number of nitrogens with one attached hydrogen (secondary N) is 1. The summed E-state index contributed by atoms with van der Waals surface area (Å²) in [4.78, 5) is 11.4. The third-order valence-corrected chi connectivity index (χ3v) is 3.14. The highest BCUT2D eigenvalue weighted by atomic mass is 16.1. The molecule has 0 aromatic rings. The maximum absolute atomic E-state index is 11.4. The van der Waals surface area contributed by atoms with Crippen molar-refractivity contribution in [3.05, 3.63) is 0 Å². The zero-order valence-corrected chi connectivity index (χ0v) is 9.89. The minimum absolute atomic E-state index is 0.444. The van der Waals surface area contributed by atoms with Crippen molar-refractivity contribution >= 4 is 5.78 Å². The van der Waals surface area contributed by atoms with Gasteiger partial charge in [0.25, 0.3) is 0 Å². The van der Waals surface area contributed by atoms with Gasteiger partial charge in [-0.3, -0.25) is 4.79 Å². The van der Waals surface area contributed by atoms with Gasteiger partial charge >= 0.3 is 0 Å². The van der Waals surface area contributed by atoms with Crippen LogP contribution in [0.3, 0.4) is 0 Å². The van der Waals surface area contributed by atoms with Crippen LogP contribution in [0.25, 0.3) is 0 Å². The summed E-state index contributed by atoms with van der Waals surface area (Å²) >= 11 is 0. The highest BCUT2D eigenvalue weighted by molar-refractivity contribution is 5.78. The summed E-state index contributed by atoms with van der Waals surface area (Å²) in [6.45, 7) is 1.98. The van der Waals surface area contributed by atoms with Gasteiger partial charge in [0.15, 0.2) is 0 Å². The van der Waals surface area contributed by atoms with Crippen LogP contribution < -0.4 is 5.32 Å². The van der Waals surface area contributed by atoms with Gasteiger partial charge in [-0.05, 0) is 19.4 Å². The van der Waals surface area contributed by atoms with E-state index in [1.807, 2.05) is 0 Å². The molecule has 1 rings (SSSR count). The van der Waals surface area contributed by atoms with Gasteiger partial charge in [-0.2, -0.15) is 0 Å². The predicted octanol–water partition coefficient (Wildman–Crippen LogP) is 3.06. The SMILES string of the molecule is O=C1CCCCCCCCCCNCC1. The van der Waals surface area contributed by atoms with Crippen molar-refractivity contribution in [2.24, 2.45) is 0 Å². The molecule has 0 aliphatic carbocycles. The van der Waals surface area contributed by atoms with Crippen molar-refractivity contribution in [2.75, 3.05) is 13.1 Å². The molecule has 0 radical (unpaired) electrons. The topological polar surface area (TPSA) is 29.1 Å². The van der Waals surface area contributed by atoms with Crippen molar-refractivity contribution in [3.8, 4) is 0 Å². The number of hydrogen-bond acceptors (Lipinski definition) is 2. The number of carbonyl (C=O) groups is 1. The first-order chi connectivity index (χ1) is 7.39. The molecular weight excluding hydrogens is 186 g/mol. The van der Waals surface area contributed by atoms with Crippen LogP contribution in [0.15, 0.2) is 0 Å². The van der Waals surface area contributed by atoms with Gasteiger partial charge < -0.3 is 5.32 Å². The second kappa shape index (κ2) is 8.90. The van der Waals surface area contributed by atoms with Crippen LogP contribution in [-0.4, -0.2) is 18.9 Å². The zero-order chi connectivity index (χ0) is 10.8. The van der Waals surface area contributed by atoms with E-state index in [0.717, 1.165) is 32.4 Å². The van der Waals surface area contributed by atoms with Crippen LogP contribution in [0, 0.1) is 0 Å². The Kier molecular flexibility index (Phi) is 7.53.